The molecule has 0 radical (unpaired) electrons. The summed E-state index contributed by atoms with van der Waals surface area (Å²) in [6, 6.07) is 12.1. The molecule has 23 heavy (non-hydrogen) atoms. The zero-order valence-corrected chi connectivity index (χ0v) is 13.7. The number of carbonyl (C=O) groups is 1. The highest BCUT2D eigenvalue weighted by Gasteiger charge is 2.12. The Morgan fingerprint density at radius 2 is 1.65 bits per heavy atom. The van der Waals surface area contributed by atoms with Crippen LogP contribution in [0.25, 0.3) is 0 Å². The molecule has 122 valence electrons. The van der Waals surface area contributed by atoms with E-state index in [1.807, 2.05) is 6.92 Å². The molecule has 0 saturated heterocycles. The van der Waals surface area contributed by atoms with Crippen molar-refractivity contribution in [1.82, 2.24) is 5.32 Å². The molecule has 0 aromatic heterocycles. The van der Waals surface area contributed by atoms with Crippen LogP contribution in [0.5, 0.6) is 0 Å². The second kappa shape index (κ2) is 6.91. The Kier molecular flexibility index (Phi) is 5.15. The largest absolute Gasteiger partial charge is 0.346 e. The minimum Gasteiger partial charge on any atom is -0.346 e. The molecule has 1 amide bonds. The van der Waals surface area contributed by atoms with Crippen LogP contribution in [0.15, 0.2) is 48.5 Å². The molecule has 1 N–H and O–H groups in total. The first-order chi connectivity index (χ1) is 10.7. The summed E-state index contributed by atoms with van der Waals surface area (Å²) in [6.07, 6.45) is 1.16. The first-order valence-electron chi connectivity index (χ1n) is 7.07. The summed E-state index contributed by atoms with van der Waals surface area (Å²) in [5, 5.41) is 2.82. The average Bonchev–Trinajstić information content (AvgIpc) is 2.46. The normalized spacial score (nSPS) is 12.7. The van der Waals surface area contributed by atoms with Gasteiger partial charge in [0.15, 0.2) is 9.84 Å². The van der Waals surface area contributed by atoms with Crippen molar-refractivity contribution in [2.45, 2.75) is 18.7 Å². The SMILES string of the molecule is CC(NC(=O)c1ccc(CS(C)(=O)=O)cc1)c1ccc(F)cc1. The van der Waals surface area contributed by atoms with Crippen molar-refractivity contribution in [3.63, 3.8) is 0 Å². The van der Waals surface area contributed by atoms with E-state index in [9.17, 15) is 17.6 Å². The van der Waals surface area contributed by atoms with Crippen LogP contribution in [0.1, 0.15) is 34.5 Å². The third kappa shape index (κ3) is 5.17. The zero-order chi connectivity index (χ0) is 17.0. The smallest absolute Gasteiger partial charge is 0.251 e. The minimum atomic E-state index is -3.10. The second-order valence-electron chi connectivity index (χ2n) is 5.51. The van der Waals surface area contributed by atoms with E-state index < -0.39 is 9.84 Å². The first-order valence-corrected chi connectivity index (χ1v) is 9.13. The Balaban J connectivity index is 2.04. The summed E-state index contributed by atoms with van der Waals surface area (Å²) < 4.78 is 35.4. The Hall–Kier alpha value is -2.21. The van der Waals surface area contributed by atoms with Crippen LogP contribution in [0, 0.1) is 5.82 Å². The highest BCUT2D eigenvalue weighted by Crippen LogP contribution is 2.14. The van der Waals surface area contributed by atoms with E-state index in [1.165, 1.54) is 12.1 Å². The minimum absolute atomic E-state index is 0.0547. The van der Waals surface area contributed by atoms with Crippen LogP contribution < -0.4 is 5.32 Å². The molecular formula is C17H18FNO3S. The molecule has 2 aromatic rings. The predicted octanol–water partition coefficient (Wildman–Crippen LogP) is 2.86. The number of sulfone groups is 1. The monoisotopic (exact) mass is 335 g/mol. The quantitative estimate of drug-likeness (QED) is 0.914. The Morgan fingerprint density at radius 3 is 2.17 bits per heavy atom. The van der Waals surface area contributed by atoms with E-state index >= 15 is 0 Å². The topological polar surface area (TPSA) is 63.2 Å². The van der Waals surface area contributed by atoms with Crippen molar-refractivity contribution in [2.75, 3.05) is 6.26 Å². The van der Waals surface area contributed by atoms with E-state index in [2.05, 4.69) is 5.32 Å². The molecule has 0 aliphatic carbocycles. The third-order valence-electron chi connectivity index (χ3n) is 3.36. The molecule has 0 saturated carbocycles. The highest BCUT2D eigenvalue weighted by molar-refractivity contribution is 7.89. The number of nitrogens with one attached hydrogen (secondary N) is 1. The summed E-state index contributed by atoms with van der Waals surface area (Å²) in [5.74, 6) is -0.651. The lowest BCUT2D eigenvalue weighted by atomic mass is 10.1. The number of hydrogen-bond donors (Lipinski definition) is 1. The lowest BCUT2D eigenvalue weighted by molar-refractivity contribution is 0.0940. The van der Waals surface area contributed by atoms with Gasteiger partial charge >= 0.3 is 0 Å². The van der Waals surface area contributed by atoms with Gasteiger partial charge < -0.3 is 5.32 Å². The van der Waals surface area contributed by atoms with Crippen LogP contribution in [0.3, 0.4) is 0 Å². The zero-order valence-electron chi connectivity index (χ0n) is 12.9. The molecule has 0 aliphatic heterocycles. The summed E-state index contributed by atoms with van der Waals surface area (Å²) in [6.45, 7) is 1.81. The highest BCUT2D eigenvalue weighted by atomic mass is 32.2. The van der Waals surface area contributed by atoms with Crippen molar-refractivity contribution in [3.8, 4) is 0 Å². The fourth-order valence-electron chi connectivity index (χ4n) is 2.17. The molecule has 1 atom stereocenters. The number of carbonyl (C=O) groups excluding carboxylic acids is 1. The Morgan fingerprint density at radius 1 is 1.09 bits per heavy atom. The van der Waals surface area contributed by atoms with Gasteiger partial charge in [-0.2, -0.15) is 0 Å². The molecular weight excluding hydrogens is 317 g/mol. The molecule has 6 heteroatoms. The molecule has 4 nitrogen and oxygen atoms in total. The fourth-order valence-corrected chi connectivity index (χ4v) is 2.97. The summed E-state index contributed by atoms with van der Waals surface area (Å²) in [5.41, 5.74) is 1.88. The second-order valence-corrected chi connectivity index (χ2v) is 7.65. The number of benzene rings is 2. The molecule has 1 unspecified atom stereocenters. The maximum atomic E-state index is 12.9. The molecule has 0 spiro atoms. The Bertz CT molecular complexity index is 784. The molecule has 0 heterocycles. The fraction of sp³-hybridized carbons (Fsp3) is 0.235. The molecule has 2 rings (SSSR count). The van der Waals surface area contributed by atoms with Crippen LogP contribution in [0.2, 0.25) is 0 Å². The van der Waals surface area contributed by atoms with Crippen LogP contribution in [-0.2, 0) is 15.6 Å². The average molecular weight is 335 g/mol. The maximum absolute atomic E-state index is 12.9. The van der Waals surface area contributed by atoms with Gasteiger partial charge in [0.25, 0.3) is 5.91 Å². The summed E-state index contributed by atoms with van der Waals surface area (Å²) in [4.78, 5) is 12.2. The lowest BCUT2D eigenvalue weighted by Crippen LogP contribution is -2.26. The van der Waals surface area contributed by atoms with Crippen LogP contribution in [0.4, 0.5) is 4.39 Å². The van der Waals surface area contributed by atoms with Crippen molar-refractivity contribution in [2.24, 2.45) is 0 Å². The van der Waals surface area contributed by atoms with E-state index in [1.54, 1.807) is 36.4 Å². The van der Waals surface area contributed by atoms with E-state index in [0.717, 1.165) is 11.8 Å². The predicted molar refractivity (Wildman–Crippen MR) is 87.3 cm³/mol. The van der Waals surface area contributed by atoms with Gasteiger partial charge in [0, 0.05) is 11.8 Å². The van der Waals surface area contributed by atoms with Gasteiger partial charge in [-0.15, -0.1) is 0 Å². The molecule has 0 fully saturated rings. The number of halogens is 1. The van der Waals surface area contributed by atoms with Crippen LogP contribution >= 0.6 is 0 Å². The van der Waals surface area contributed by atoms with Crippen LogP contribution in [-0.4, -0.2) is 20.6 Å². The van der Waals surface area contributed by atoms with Crippen molar-refractivity contribution >= 4 is 15.7 Å². The van der Waals surface area contributed by atoms with E-state index in [-0.39, 0.29) is 23.5 Å². The molecule has 0 aliphatic rings. The van der Waals surface area contributed by atoms with E-state index in [0.29, 0.717) is 11.1 Å². The van der Waals surface area contributed by atoms with Crippen molar-refractivity contribution < 1.29 is 17.6 Å². The summed E-state index contributed by atoms with van der Waals surface area (Å²) in [7, 11) is -3.10. The molecule has 2 aromatic carbocycles. The number of hydrogen-bond acceptors (Lipinski definition) is 3. The van der Waals surface area contributed by atoms with Crippen molar-refractivity contribution in [1.29, 1.82) is 0 Å². The molecule has 0 bridgehead atoms. The van der Waals surface area contributed by atoms with Gasteiger partial charge in [-0.3, -0.25) is 4.79 Å². The van der Waals surface area contributed by atoms with Gasteiger partial charge in [-0.1, -0.05) is 24.3 Å². The first kappa shape index (κ1) is 17.1. The van der Waals surface area contributed by atoms with Gasteiger partial charge in [0.05, 0.1) is 11.8 Å². The summed E-state index contributed by atoms with van der Waals surface area (Å²) >= 11 is 0. The van der Waals surface area contributed by atoms with Gasteiger partial charge in [-0.25, -0.2) is 12.8 Å². The van der Waals surface area contributed by atoms with Gasteiger partial charge in [0.2, 0.25) is 0 Å². The van der Waals surface area contributed by atoms with Crippen molar-refractivity contribution in [3.05, 3.63) is 71.0 Å². The number of amides is 1. The Labute approximate surface area is 135 Å². The van der Waals surface area contributed by atoms with E-state index in [4.69, 9.17) is 0 Å². The van der Waals surface area contributed by atoms with Gasteiger partial charge in [-0.05, 0) is 42.3 Å². The maximum Gasteiger partial charge on any atom is 0.251 e. The number of rotatable bonds is 5. The lowest BCUT2D eigenvalue weighted by Gasteiger charge is -2.14. The third-order valence-corrected chi connectivity index (χ3v) is 4.22. The van der Waals surface area contributed by atoms with Gasteiger partial charge in [0.1, 0.15) is 5.82 Å². The standard InChI is InChI=1S/C17H18FNO3S/c1-12(14-7-9-16(18)10-8-14)19-17(20)15-5-3-13(4-6-15)11-23(2,21)22/h3-10,12H,11H2,1-2H3,(H,19,20).